The highest BCUT2D eigenvalue weighted by molar-refractivity contribution is 7.89. The number of carbonyl (C=O) groups is 1. The summed E-state index contributed by atoms with van der Waals surface area (Å²) in [5, 5.41) is 3.00. The van der Waals surface area contributed by atoms with Crippen LogP contribution in [0, 0.1) is 12.8 Å². The Morgan fingerprint density at radius 1 is 1.13 bits per heavy atom. The summed E-state index contributed by atoms with van der Waals surface area (Å²) in [7, 11) is -3.50. The molecule has 30 heavy (non-hydrogen) atoms. The third-order valence-corrected chi connectivity index (χ3v) is 7.34. The number of benzene rings is 2. The Hall–Kier alpha value is -2.38. The van der Waals surface area contributed by atoms with Crippen LogP contribution in [0.5, 0.6) is 5.75 Å². The fourth-order valence-electron chi connectivity index (χ4n) is 3.54. The quantitative estimate of drug-likeness (QED) is 0.637. The average molecular weight is 431 g/mol. The molecule has 1 fully saturated rings. The van der Waals surface area contributed by atoms with Crippen molar-refractivity contribution in [3.63, 3.8) is 0 Å². The maximum absolute atomic E-state index is 12.7. The van der Waals surface area contributed by atoms with E-state index in [9.17, 15) is 13.2 Å². The minimum atomic E-state index is -3.50. The van der Waals surface area contributed by atoms with Crippen molar-refractivity contribution in [2.24, 2.45) is 5.92 Å². The second-order valence-electron chi connectivity index (χ2n) is 7.66. The number of ether oxygens (including phenoxy) is 1. The van der Waals surface area contributed by atoms with Gasteiger partial charge in [-0.3, -0.25) is 4.79 Å². The number of nitrogens with zero attached hydrogens (tertiary/aromatic N) is 1. The van der Waals surface area contributed by atoms with E-state index < -0.39 is 10.0 Å². The van der Waals surface area contributed by atoms with Crippen LogP contribution >= 0.6 is 0 Å². The van der Waals surface area contributed by atoms with E-state index in [1.54, 1.807) is 30.3 Å². The first-order valence-corrected chi connectivity index (χ1v) is 12.0. The number of hydrogen-bond donors (Lipinski definition) is 1. The van der Waals surface area contributed by atoms with Crippen LogP contribution in [0.2, 0.25) is 0 Å². The van der Waals surface area contributed by atoms with Crippen molar-refractivity contribution in [2.45, 2.75) is 44.4 Å². The number of anilines is 1. The van der Waals surface area contributed by atoms with Gasteiger partial charge in [-0.2, -0.15) is 4.31 Å². The Balaban J connectivity index is 1.56. The summed E-state index contributed by atoms with van der Waals surface area (Å²) in [6, 6.07) is 14.1. The maximum atomic E-state index is 12.7. The Bertz CT molecular complexity index is 952. The van der Waals surface area contributed by atoms with Crippen LogP contribution in [-0.2, 0) is 14.8 Å². The van der Waals surface area contributed by atoms with E-state index in [1.807, 2.05) is 25.1 Å². The van der Waals surface area contributed by atoms with Crippen molar-refractivity contribution in [1.29, 1.82) is 0 Å². The lowest BCUT2D eigenvalue weighted by Gasteiger charge is -2.30. The number of unbranched alkanes of at least 4 members (excludes halogenated alkanes) is 1. The predicted molar refractivity (Wildman–Crippen MR) is 118 cm³/mol. The lowest BCUT2D eigenvalue weighted by Crippen LogP contribution is -2.41. The number of nitrogens with one attached hydrogen (secondary N) is 1. The van der Waals surface area contributed by atoms with E-state index in [1.165, 1.54) is 4.31 Å². The first-order valence-electron chi connectivity index (χ1n) is 10.5. The van der Waals surface area contributed by atoms with Crippen LogP contribution in [0.15, 0.2) is 53.4 Å². The second-order valence-corrected chi connectivity index (χ2v) is 9.60. The smallest absolute Gasteiger partial charge is 0.243 e. The van der Waals surface area contributed by atoms with E-state index in [0.717, 1.165) is 29.8 Å². The molecule has 2 aromatic carbocycles. The molecule has 7 heteroatoms. The SMILES string of the molecule is CCCCOc1ccc(NC(=O)C2CCN(S(=O)(=O)c3ccccc3)CC2)c(C)c1. The molecule has 1 saturated heterocycles. The number of carbonyl (C=O) groups excluding carboxylic acids is 1. The highest BCUT2D eigenvalue weighted by atomic mass is 32.2. The molecule has 2 aromatic rings. The average Bonchev–Trinajstić information content (AvgIpc) is 2.76. The molecule has 1 N–H and O–H groups in total. The summed E-state index contributed by atoms with van der Waals surface area (Å²) in [4.78, 5) is 13.0. The first kappa shape index (κ1) is 22.3. The third kappa shape index (κ3) is 5.40. The van der Waals surface area contributed by atoms with Gasteiger partial charge in [-0.15, -0.1) is 0 Å². The monoisotopic (exact) mass is 430 g/mol. The fourth-order valence-corrected chi connectivity index (χ4v) is 5.03. The molecular formula is C23H30N2O4S. The van der Waals surface area contributed by atoms with Crippen molar-refractivity contribution in [1.82, 2.24) is 4.31 Å². The number of amides is 1. The molecule has 0 radical (unpaired) electrons. The lowest BCUT2D eigenvalue weighted by molar-refractivity contribution is -0.120. The van der Waals surface area contributed by atoms with Crippen LogP contribution < -0.4 is 10.1 Å². The molecule has 0 aliphatic carbocycles. The van der Waals surface area contributed by atoms with E-state index in [-0.39, 0.29) is 11.8 Å². The number of hydrogen-bond acceptors (Lipinski definition) is 4. The molecule has 0 atom stereocenters. The van der Waals surface area contributed by atoms with Gasteiger partial charge in [0.15, 0.2) is 0 Å². The van der Waals surface area contributed by atoms with Crippen LogP contribution in [0.4, 0.5) is 5.69 Å². The first-order chi connectivity index (χ1) is 14.4. The normalized spacial score (nSPS) is 15.7. The van der Waals surface area contributed by atoms with Crippen molar-refractivity contribution < 1.29 is 17.9 Å². The molecule has 162 valence electrons. The van der Waals surface area contributed by atoms with Gasteiger partial charge < -0.3 is 10.1 Å². The summed E-state index contributed by atoms with van der Waals surface area (Å²) in [6.07, 6.45) is 3.11. The highest BCUT2D eigenvalue weighted by Gasteiger charge is 2.32. The molecule has 0 saturated carbocycles. The van der Waals surface area contributed by atoms with Crippen molar-refractivity contribution in [2.75, 3.05) is 25.0 Å². The van der Waals surface area contributed by atoms with Gasteiger partial charge in [0.25, 0.3) is 0 Å². The molecule has 0 bridgehead atoms. The second kappa shape index (κ2) is 10.1. The Morgan fingerprint density at radius 2 is 1.83 bits per heavy atom. The largest absolute Gasteiger partial charge is 0.494 e. The molecule has 3 rings (SSSR count). The number of rotatable bonds is 8. The van der Waals surface area contributed by atoms with Gasteiger partial charge in [0.2, 0.25) is 15.9 Å². The summed E-state index contributed by atoms with van der Waals surface area (Å²) in [5.41, 5.74) is 1.71. The molecule has 1 aliphatic heterocycles. The van der Waals surface area contributed by atoms with Gasteiger partial charge in [-0.05, 0) is 62.1 Å². The van der Waals surface area contributed by atoms with E-state index >= 15 is 0 Å². The van der Waals surface area contributed by atoms with Crippen molar-refractivity contribution in [3.8, 4) is 5.75 Å². The zero-order valence-corrected chi connectivity index (χ0v) is 18.5. The molecule has 0 spiro atoms. The van der Waals surface area contributed by atoms with Gasteiger partial charge in [0, 0.05) is 24.7 Å². The topological polar surface area (TPSA) is 75.7 Å². The zero-order valence-electron chi connectivity index (χ0n) is 17.6. The highest BCUT2D eigenvalue weighted by Crippen LogP contribution is 2.26. The molecule has 1 aliphatic rings. The van der Waals surface area contributed by atoms with Crippen LogP contribution in [0.25, 0.3) is 0 Å². The minimum absolute atomic E-state index is 0.0606. The van der Waals surface area contributed by atoms with Gasteiger partial charge in [0.05, 0.1) is 11.5 Å². The van der Waals surface area contributed by atoms with Crippen LogP contribution in [0.3, 0.4) is 0 Å². The van der Waals surface area contributed by atoms with E-state index in [4.69, 9.17) is 4.74 Å². The minimum Gasteiger partial charge on any atom is -0.494 e. The number of piperidine rings is 1. The maximum Gasteiger partial charge on any atom is 0.243 e. The molecule has 1 heterocycles. The van der Waals surface area contributed by atoms with Crippen molar-refractivity contribution in [3.05, 3.63) is 54.1 Å². The standard InChI is InChI=1S/C23H30N2O4S/c1-3-4-16-29-20-10-11-22(18(2)17-20)24-23(26)19-12-14-25(15-13-19)30(27,28)21-8-6-5-7-9-21/h5-11,17,19H,3-4,12-16H2,1-2H3,(H,24,26). The van der Waals surface area contributed by atoms with Gasteiger partial charge in [0.1, 0.15) is 5.75 Å². The van der Waals surface area contributed by atoms with Gasteiger partial charge >= 0.3 is 0 Å². The molecule has 6 nitrogen and oxygen atoms in total. The summed E-state index contributed by atoms with van der Waals surface area (Å²) in [5.74, 6) is 0.542. The van der Waals surface area contributed by atoms with Gasteiger partial charge in [-0.1, -0.05) is 31.5 Å². The third-order valence-electron chi connectivity index (χ3n) is 5.43. The predicted octanol–water partition coefficient (Wildman–Crippen LogP) is 4.21. The Morgan fingerprint density at radius 3 is 2.47 bits per heavy atom. The van der Waals surface area contributed by atoms with E-state index in [2.05, 4.69) is 12.2 Å². The summed E-state index contributed by atoms with van der Waals surface area (Å²) < 4.78 is 32.7. The molecule has 0 unspecified atom stereocenters. The molecule has 1 amide bonds. The Labute approximate surface area is 179 Å². The fraction of sp³-hybridized carbons (Fsp3) is 0.435. The summed E-state index contributed by atoms with van der Waals surface area (Å²) in [6.45, 7) is 5.44. The lowest BCUT2D eigenvalue weighted by atomic mass is 9.97. The van der Waals surface area contributed by atoms with Crippen LogP contribution in [-0.4, -0.2) is 38.3 Å². The number of aryl methyl sites for hydroxylation is 1. The van der Waals surface area contributed by atoms with Crippen LogP contribution in [0.1, 0.15) is 38.2 Å². The summed E-state index contributed by atoms with van der Waals surface area (Å²) >= 11 is 0. The number of sulfonamides is 1. The molecular weight excluding hydrogens is 400 g/mol. The zero-order chi connectivity index (χ0) is 21.6. The van der Waals surface area contributed by atoms with Crippen molar-refractivity contribution >= 4 is 21.6 Å². The molecule has 0 aromatic heterocycles. The Kier molecular flexibility index (Phi) is 7.50. The van der Waals surface area contributed by atoms with E-state index in [0.29, 0.717) is 37.4 Å². The van der Waals surface area contributed by atoms with Gasteiger partial charge in [-0.25, -0.2) is 8.42 Å².